The molecule has 1 amide bonds. The number of thiocarbonyl (C=S) groups is 1. The van der Waals surface area contributed by atoms with E-state index < -0.39 is 18.2 Å². The van der Waals surface area contributed by atoms with E-state index in [4.69, 9.17) is 12.2 Å². The number of amides is 1. The smallest absolute Gasteiger partial charge is 0.326 e. The maximum Gasteiger partial charge on any atom is 0.326 e. The molecule has 1 aromatic carbocycles. The van der Waals surface area contributed by atoms with E-state index in [2.05, 4.69) is 5.32 Å². The zero-order chi connectivity index (χ0) is 17.0. The molecule has 0 unspecified atom stereocenters. The Morgan fingerprint density at radius 3 is 2.52 bits per heavy atom. The average molecular weight is 334 g/mol. The summed E-state index contributed by atoms with van der Waals surface area (Å²) in [5, 5.41) is 12.3. The lowest BCUT2D eigenvalue weighted by molar-refractivity contribution is -0.148. The van der Waals surface area contributed by atoms with Crippen molar-refractivity contribution in [2.24, 2.45) is 0 Å². The Labute approximate surface area is 139 Å². The van der Waals surface area contributed by atoms with Crippen molar-refractivity contribution in [2.45, 2.75) is 38.4 Å². The summed E-state index contributed by atoms with van der Waals surface area (Å²) < 4.78 is 0. The van der Waals surface area contributed by atoms with Crippen LogP contribution in [0.5, 0.6) is 0 Å². The predicted octanol–water partition coefficient (Wildman–Crippen LogP) is 1.66. The van der Waals surface area contributed by atoms with Crippen molar-refractivity contribution in [1.82, 2.24) is 10.2 Å². The van der Waals surface area contributed by atoms with Gasteiger partial charge in [0.2, 0.25) is 5.91 Å². The third-order valence-electron chi connectivity index (χ3n) is 3.67. The molecule has 1 heterocycles. The van der Waals surface area contributed by atoms with Gasteiger partial charge in [-0.25, -0.2) is 4.79 Å². The number of nitrogens with one attached hydrogen (secondary N) is 1. The van der Waals surface area contributed by atoms with Crippen molar-refractivity contribution in [2.75, 3.05) is 0 Å². The first-order valence-corrected chi connectivity index (χ1v) is 7.68. The molecule has 122 valence electrons. The molecule has 0 aromatic heterocycles. The van der Waals surface area contributed by atoms with Gasteiger partial charge in [0.25, 0.3) is 0 Å². The summed E-state index contributed by atoms with van der Waals surface area (Å²) in [6.45, 7) is 1.46. The van der Waals surface area contributed by atoms with Crippen molar-refractivity contribution in [1.29, 1.82) is 0 Å². The molecule has 1 saturated heterocycles. The van der Waals surface area contributed by atoms with Gasteiger partial charge in [-0.05, 0) is 12.5 Å². The number of hydrogen-bond donors (Lipinski definition) is 2. The number of ketones is 1. The van der Waals surface area contributed by atoms with E-state index in [1.165, 1.54) is 11.8 Å². The summed E-state index contributed by atoms with van der Waals surface area (Å²) in [6, 6.07) is 8.02. The Morgan fingerprint density at radius 2 is 1.96 bits per heavy atom. The van der Waals surface area contributed by atoms with E-state index in [9.17, 15) is 19.5 Å². The van der Waals surface area contributed by atoms with Crippen molar-refractivity contribution >= 4 is 34.9 Å². The number of benzene rings is 1. The second-order valence-electron chi connectivity index (χ2n) is 5.44. The first kappa shape index (κ1) is 17.1. The fourth-order valence-electron chi connectivity index (χ4n) is 2.55. The van der Waals surface area contributed by atoms with E-state index in [1.54, 1.807) is 12.1 Å². The number of aliphatic carboxylic acids is 1. The number of nitrogens with zero attached hydrogens (tertiary/aromatic N) is 1. The standard InChI is InChI=1S/C16H18N2O4S/c1-10(19)7-8-14(23)18-12(16(21)22)9-13(20)17-15(18)11-5-3-2-4-6-11/h2-6,12,15H,7-9H2,1H3,(H,17,20)(H,21,22)/t12-,15-/m0/s1. The highest BCUT2D eigenvalue weighted by atomic mass is 32.1. The second kappa shape index (κ2) is 7.32. The van der Waals surface area contributed by atoms with Crippen molar-refractivity contribution in [3.63, 3.8) is 0 Å². The van der Waals surface area contributed by atoms with Gasteiger partial charge < -0.3 is 20.1 Å². The number of carbonyl (C=O) groups excluding carboxylic acids is 2. The van der Waals surface area contributed by atoms with Crippen LogP contribution in [0.25, 0.3) is 0 Å². The molecule has 0 aliphatic carbocycles. The highest BCUT2D eigenvalue weighted by molar-refractivity contribution is 7.80. The van der Waals surface area contributed by atoms with Crippen LogP contribution in [0.4, 0.5) is 0 Å². The van der Waals surface area contributed by atoms with Crippen LogP contribution in [0.3, 0.4) is 0 Å². The average Bonchev–Trinajstić information content (AvgIpc) is 2.52. The summed E-state index contributed by atoms with van der Waals surface area (Å²) in [7, 11) is 0. The van der Waals surface area contributed by atoms with Gasteiger partial charge in [0, 0.05) is 12.8 Å². The van der Waals surface area contributed by atoms with Crippen LogP contribution >= 0.6 is 12.2 Å². The minimum atomic E-state index is -1.11. The summed E-state index contributed by atoms with van der Waals surface area (Å²) in [6.07, 6.45) is -0.276. The molecule has 2 atom stereocenters. The molecule has 0 spiro atoms. The van der Waals surface area contributed by atoms with Crippen LogP contribution < -0.4 is 5.32 Å². The number of carboxylic acid groups (broad SMARTS) is 1. The molecular weight excluding hydrogens is 316 g/mol. The third-order valence-corrected chi connectivity index (χ3v) is 4.08. The van der Waals surface area contributed by atoms with Crippen LogP contribution in [0.2, 0.25) is 0 Å². The van der Waals surface area contributed by atoms with Crippen LogP contribution in [-0.2, 0) is 14.4 Å². The Kier molecular flexibility index (Phi) is 5.44. The van der Waals surface area contributed by atoms with Crippen LogP contribution in [0.1, 0.15) is 37.9 Å². The van der Waals surface area contributed by atoms with Crippen molar-refractivity contribution < 1.29 is 19.5 Å². The van der Waals surface area contributed by atoms with Gasteiger partial charge in [0.05, 0.1) is 11.4 Å². The topological polar surface area (TPSA) is 86.7 Å². The lowest BCUT2D eigenvalue weighted by Gasteiger charge is -2.42. The molecular formula is C16H18N2O4S. The molecule has 23 heavy (non-hydrogen) atoms. The summed E-state index contributed by atoms with van der Waals surface area (Å²) in [4.78, 5) is 36.6. The molecule has 7 heteroatoms. The minimum absolute atomic E-state index is 0.0171. The molecule has 0 saturated carbocycles. The van der Waals surface area contributed by atoms with Gasteiger partial charge >= 0.3 is 5.97 Å². The van der Waals surface area contributed by atoms with Crippen LogP contribution in [-0.4, -0.2) is 38.7 Å². The highest BCUT2D eigenvalue weighted by Gasteiger charge is 2.40. The van der Waals surface area contributed by atoms with Gasteiger partial charge in [-0.1, -0.05) is 42.5 Å². The van der Waals surface area contributed by atoms with E-state index in [-0.39, 0.29) is 31.0 Å². The molecule has 1 aromatic rings. The zero-order valence-corrected chi connectivity index (χ0v) is 13.5. The molecule has 0 radical (unpaired) electrons. The Bertz CT molecular complexity index is 632. The van der Waals surface area contributed by atoms with E-state index in [0.717, 1.165) is 5.56 Å². The van der Waals surface area contributed by atoms with Gasteiger partial charge in [-0.3, -0.25) is 4.79 Å². The predicted molar refractivity (Wildman–Crippen MR) is 87.7 cm³/mol. The normalized spacial score (nSPS) is 20.7. The summed E-state index contributed by atoms with van der Waals surface area (Å²) in [5.74, 6) is -1.46. The summed E-state index contributed by atoms with van der Waals surface area (Å²) in [5.41, 5.74) is 0.747. The van der Waals surface area contributed by atoms with E-state index >= 15 is 0 Å². The molecule has 2 N–H and O–H groups in total. The molecule has 1 aliphatic heterocycles. The van der Waals surface area contributed by atoms with E-state index in [0.29, 0.717) is 4.99 Å². The lowest BCUT2D eigenvalue weighted by Crippen LogP contribution is -2.57. The number of rotatable bonds is 5. The fraction of sp³-hybridized carbons (Fsp3) is 0.375. The highest BCUT2D eigenvalue weighted by Crippen LogP contribution is 2.28. The lowest BCUT2D eigenvalue weighted by atomic mass is 10.0. The van der Waals surface area contributed by atoms with Crippen molar-refractivity contribution in [3.05, 3.63) is 35.9 Å². The number of carbonyl (C=O) groups is 3. The SMILES string of the molecule is CC(=O)CCC(=S)N1[C@@H](c2ccccc2)NC(=O)C[C@H]1C(=O)O. The van der Waals surface area contributed by atoms with Crippen molar-refractivity contribution in [3.8, 4) is 0 Å². The third kappa shape index (κ3) is 4.13. The number of carboxylic acids is 1. The van der Waals surface area contributed by atoms with E-state index in [1.807, 2.05) is 18.2 Å². The maximum absolute atomic E-state index is 11.9. The monoisotopic (exact) mass is 334 g/mol. The van der Waals surface area contributed by atoms with Gasteiger partial charge in [0.15, 0.2) is 0 Å². The Morgan fingerprint density at radius 1 is 1.30 bits per heavy atom. The zero-order valence-electron chi connectivity index (χ0n) is 12.7. The van der Waals surface area contributed by atoms with Crippen LogP contribution in [0.15, 0.2) is 30.3 Å². The molecule has 6 nitrogen and oxygen atoms in total. The van der Waals surface area contributed by atoms with Gasteiger partial charge in [0.1, 0.15) is 18.0 Å². The molecule has 1 fully saturated rings. The van der Waals surface area contributed by atoms with Gasteiger partial charge in [-0.2, -0.15) is 0 Å². The number of Topliss-reactive ketones (excluding diaryl/α,β-unsaturated/α-hetero) is 1. The quantitative estimate of drug-likeness (QED) is 0.797. The first-order valence-electron chi connectivity index (χ1n) is 7.28. The largest absolute Gasteiger partial charge is 0.480 e. The second-order valence-corrected chi connectivity index (χ2v) is 5.91. The molecule has 0 bridgehead atoms. The van der Waals surface area contributed by atoms with Gasteiger partial charge in [-0.15, -0.1) is 0 Å². The maximum atomic E-state index is 11.9. The minimum Gasteiger partial charge on any atom is -0.480 e. The Hall–Kier alpha value is -2.28. The molecule has 2 rings (SSSR count). The van der Waals surface area contributed by atoms with Crippen LogP contribution in [0, 0.1) is 0 Å². The summed E-state index contributed by atoms with van der Waals surface area (Å²) >= 11 is 5.36. The Balaban J connectivity index is 2.34. The fourth-order valence-corrected chi connectivity index (χ4v) is 2.88. The molecule has 1 aliphatic rings. The number of hydrogen-bond acceptors (Lipinski definition) is 4. The first-order chi connectivity index (χ1) is 10.9.